The molecule has 0 radical (unpaired) electrons. The molecule has 37 heavy (non-hydrogen) atoms. The molecule has 1 saturated heterocycles. The molecule has 0 bridgehead atoms. The van der Waals surface area contributed by atoms with E-state index >= 15 is 4.39 Å². The molecule has 2 heterocycles. The minimum Gasteiger partial charge on any atom is -0.393 e. The average molecular weight is 530 g/mol. The molecule has 1 aliphatic carbocycles. The number of hydrogen-bond donors (Lipinski definition) is 4. The lowest BCUT2D eigenvalue weighted by molar-refractivity contribution is -0.124. The van der Waals surface area contributed by atoms with E-state index in [2.05, 4.69) is 22.5 Å². The van der Waals surface area contributed by atoms with E-state index in [1.165, 1.54) is 12.1 Å². The average Bonchev–Trinajstić information content (AvgIpc) is 3.32. The second-order valence-electron chi connectivity index (χ2n) is 10.5. The molecule has 6 nitrogen and oxygen atoms in total. The summed E-state index contributed by atoms with van der Waals surface area (Å²) in [5.41, 5.74) is 0.362. The van der Waals surface area contributed by atoms with E-state index in [1.807, 2.05) is 6.92 Å². The van der Waals surface area contributed by atoms with Crippen molar-refractivity contribution in [1.82, 2.24) is 10.6 Å². The lowest BCUT2D eigenvalue weighted by atomic mass is 9.63. The molecule has 1 saturated carbocycles. The van der Waals surface area contributed by atoms with E-state index in [1.54, 1.807) is 18.2 Å². The molecule has 1 spiro atoms. The molecule has 4 atom stereocenters. The number of aliphatic hydroxyl groups excluding tert-OH is 1. The highest BCUT2D eigenvalue weighted by Gasteiger charge is 2.65. The molecule has 2 aliphatic heterocycles. The van der Waals surface area contributed by atoms with Crippen LogP contribution in [0, 0.1) is 11.6 Å². The van der Waals surface area contributed by atoms with E-state index in [0.29, 0.717) is 48.4 Å². The Morgan fingerprint density at radius 3 is 2.65 bits per heavy atom. The Balaban J connectivity index is 1.66. The normalized spacial score (nSPS) is 30.7. The molecule has 2 aromatic carbocycles. The van der Waals surface area contributed by atoms with Crippen molar-refractivity contribution in [3.63, 3.8) is 0 Å². The van der Waals surface area contributed by atoms with Gasteiger partial charge in [-0.05, 0) is 68.4 Å². The van der Waals surface area contributed by atoms with Crippen LogP contribution in [0.25, 0.3) is 0 Å². The standard InChI is InChI=1S/C28H30ClF2N3O3/c1-14(2)12-22-28(19-11-6-15(29)13-21(19)33-27(28)37)23(18-4-3-5-20(30)24(18)31)25(34-22)26(36)32-16-7-9-17(35)10-8-16/h3-6,11,13,16-17,22-23,25,34-35H,1,7-10,12H2,2H3,(H,32,36)(H,33,37)/t16?,17?,22-,23+,25-,28+/m1/s1. The third kappa shape index (κ3) is 4.35. The maximum Gasteiger partial charge on any atom is 0.238 e. The fourth-order valence-electron chi connectivity index (χ4n) is 6.40. The van der Waals surface area contributed by atoms with Crippen LogP contribution in [0.4, 0.5) is 14.5 Å². The summed E-state index contributed by atoms with van der Waals surface area (Å²) in [4.78, 5) is 27.7. The zero-order valence-electron chi connectivity index (χ0n) is 20.5. The second-order valence-corrected chi connectivity index (χ2v) is 10.9. The van der Waals surface area contributed by atoms with Crippen molar-refractivity contribution in [2.75, 3.05) is 5.32 Å². The van der Waals surface area contributed by atoms with E-state index in [4.69, 9.17) is 11.6 Å². The quantitative estimate of drug-likeness (QED) is 0.434. The minimum atomic E-state index is -1.42. The van der Waals surface area contributed by atoms with Crippen LogP contribution in [0.5, 0.6) is 0 Å². The molecule has 4 N–H and O–H groups in total. The summed E-state index contributed by atoms with van der Waals surface area (Å²) in [6.45, 7) is 5.84. The number of rotatable bonds is 5. The number of aliphatic hydroxyl groups is 1. The Labute approximate surface area is 219 Å². The maximum atomic E-state index is 15.5. The summed E-state index contributed by atoms with van der Waals surface area (Å²) < 4.78 is 30.0. The van der Waals surface area contributed by atoms with Crippen molar-refractivity contribution in [1.29, 1.82) is 0 Å². The first-order valence-corrected chi connectivity index (χ1v) is 12.9. The highest BCUT2D eigenvalue weighted by atomic mass is 35.5. The Morgan fingerprint density at radius 1 is 1.22 bits per heavy atom. The largest absolute Gasteiger partial charge is 0.393 e. The van der Waals surface area contributed by atoms with Gasteiger partial charge in [-0.25, -0.2) is 8.78 Å². The molecule has 9 heteroatoms. The van der Waals surface area contributed by atoms with Crippen LogP contribution in [0.1, 0.15) is 56.1 Å². The van der Waals surface area contributed by atoms with Gasteiger partial charge in [0.2, 0.25) is 11.8 Å². The molecule has 5 rings (SSSR count). The number of halogens is 3. The Bertz CT molecular complexity index is 1260. The van der Waals surface area contributed by atoms with Gasteiger partial charge in [0.25, 0.3) is 0 Å². The van der Waals surface area contributed by atoms with Gasteiger partial charge in [-0.2, -0.15) is 0 Å². The van der Waals surface area contributed by atoms with Gasteiger partial charge in [0.05, 0.1) is 12.1 Å². The summed E-state index contributed by atoms with van der Waals surface area (Å²) in [6.07, 6.45) is 2.32. The number of amides is 2. The van der Waals surface area contributed by atoms with E-state index in [-0.39, 0.29) is 17.7 Å². The summed E-state index contributed by atoms with van der Waals surface area (Å²) in [5.74, 6) is -3.99. The molecule has 2 aromatic rings. The van der Waals surface area contributed by atoms with Crippen molar-refractivity contribution in [2.24, 2.45) is 0 Å². The first-order valence-electron chi connectivity index (χ1n) is 12.6. The highest BCUT2D eigenvalue weighted by Crippen LogP contribution is 2.56. The van der Waals surface area contributed by atoms with Crippen LogP contribution in [-0.2, 0) is 15.0 Å². The number of hydrogen-bond acceptors (Lipinski definition) is 4. The van der Waals surface area contributed by atoms with Crippen molar-refractivity contribution in [3.05, 3.63) is 76.3 Å². The minimum absolute atomic E-state index is 0.0473. The molecule has 196 valence electrons. The van der Waals surface area contributed by atoms with Gasteiger partial charge in [0, 0.05) is 28.7 Å². The van der Waals surface area contributed by atoms with Gasteiger partial charge in [-0.1, -0.05) is 35.4 Å². The zero-order chi connectivity index (χ0) is 26.5. The third-order valence-corrected chi connectivity index (χ3v) is 8.24. The zero-order valence-corrected chi connectivity index (χ0v) is 21.2. The lowest BCUT2D eigenvalue weighted by Crippen LogP contribution is -2.49. The molecular formula is C28H30ClF2N3O3. The fraction of sp³-hybridized carbons (Fsp3) is 0.429. The van der Waals surface area contributed by atoms with Crippen LogP contribution in [0.15, 0.2) is 48.6 Å². The molecular weight excluding hydrogens is 500 g/mol. The summed E-state index contributed by atoms with van der Waals surface area (Å²) in [5, 5.41) is 19.5. The SMILES string of the molecule is C=C(C)C[C@H]1N[C@@H](C(=O)NC2CCC(O)CC2)[C@H](c2cccc(F)c2F)[C@@]12C(=O)Nc1cc(Cl)ccc12. The number of benzene rings is 2. The van der Waals surface area contributed by atoms with E-state index in [9.17, 15) is 19.1 Å². The van der Waals surface area contributed by atoms with Gasteiger partial charge in [0.1, 0.15) is 5.41 Å². The molecule has 2 amide bonds. The summed E-state index contributed by atoms with van der Waals surface area (Å²) in [7, 11) is 0. The van der Waals surface area contributed by atoms with Crippen molar-refractivity contribution in [2.45, 2.75) is 74.6 Å². The van der Waals surface area contributed by atoms with Crippen LogP contribution < -0.4 is 16.0 Å². The van der Waals surface area contributed by atoms with Crippen molar-refractivity contribution < 1.29 is 23.5 Å². The van der Waals surface area contributed by atoms with Crippen LogP contribution in [0.2, 0.25) is 5.02 Å². The summed E-state index contributed by atoms with van der Waals surface area (Å²) >= 11 is 6.21. The number of carbonyl (C=O) groups excluding carboxylic acids is 2. The number of carbonyl (C=O) groups is 2. The van der Waals surface area contributed by atoms with Crippen LogP contribution in [-0.4, -0.2) is 41.2 Å². The number of anilines is 1. The van der Waals surface area contributed by atoms with Gasteiger partial charge in [-0.15, -0.1) is 6.58 Å². The molecule has 0 unspecified atom stereocenters. The number of fused-ring (bicyclic) bond motifs is 2. The van der Waals surface area contributed by atoms with Gasteiger partial charge < -0.3 is 21.1 Å². The van der Waals surface area contributed by atoms with Gasteiger partial charge in [0.15, 0.2) is 11.6 Å². The smallest absolute Gasteiger partial charge is 0.238 e. The predicted octanol–water partition coefficient (Wildman–Crippen LogP) is 4.32. The fourth-order valence-corrected chi connectivity index (χ4v) is 6.57. The Hall–Kier alpha value is -2.81. The van der Waals surface area contributed by atoms with Crippen LogP contribution >= 0.6 is 11.6 Å². The van der Waals surface area contributed by atoms with Crippen molar-refractivity contribution in [3.8, 4) is 0 Å². The van der Waals surface area contributed by atoms with Crippen molar-refractivity contribution >= 4 is 29.1 Å². The highest BCUT2D eigenvalue weighted by molar-refractivity contribution is 6.31. The van der Waals surface area contributed by atoms with Gasteiger partial charge in [-0.3, -0.25) is 9.59 Å². The molecule has 2 fully saturated rings. The Morgan fingerprint density at radius 2 is 1.95 bits per heavy atom. The van der Waals surface area contributed by atoms with E-state index in [0.717, 1.165) is 11.6 Å². The predicted molar refractivity (Wildman–Crippen MR) is 137 cm³/mol. The second kappa shape index (κ2) is 9.82. The topological polar surface area (TPSA) is 90.5 Å². The van der Waals surface area contributed by atoms with E-state index < -0.39 is 46.9 Å². The monoisotopic (exact) mass is 529 g/mol. The third-order valence-electron chi connectivity index (χ3n) is 8.00. The lowest BCUT2D eigenvalue weighted by Gasteiger charge is -2.36. The molecule has 0 aromatic heterocycles. The van der Waals surface area contributed by atoms with Gasteiger partial charge >= 0.3 is 0 Å². The molecule has 3 aliphatic rings. The first-order chi connectivity index (χ1) is 17.6. The maximum absolute atomic E-state index is 15.5. The van der Waals surface area contributed by atoms with Crippen LogP contribution in [0.3, 0.4) is 0 Å². The summed E-state index contributed by atoms with van der Waals surface area (Å²) in [6, 6.07) is 7.04. The number of nitrogens with one attached hydrogen (secondary N) is 3. The Kier molecular flexibility index (Phi) is 6.85. The first kappa shape index (κ1) is 25.8.